The summed E-state index contributed by atoms with van der Waals surface area (Å²) in [6.45, 7) is 8.63. The van der Waals surface area contributed by atoms with E-state index in [1.165, 1.54) is 0 Å². The Morgan fingerprint density at radius 1 is 0.531 bits per heavy atom. The Morgan fingerprint density at radius 2 is 0.875 bits per heavy atom. The summed E-state index contributed by atoms with van der Waals surface area (Å²) >= 11 is 0. The van der Waals surface area contributed by atoms with E-state index in [1.807, 2.05) is 64.1 Å². The molecule has 0 heterocycles. The van der Waals surface area contributed by atoms with E-state index in [4.69, 9.17) is 18.1 Å². The molecule has 0 aliphatic heterocycles. The molecule has 0 aliphatic rings. The average molecular weight is 478 g/mol. The van der Waals surface area contributed by atoms with Gasteiger partial charge in [-0.15, -0.1) is 0 Å². The molecular weight excluding hydrogens is 446 g/mol. The first kappa shape index (κ1) is 25.1. The quantitative estimate of drug-likeness (QED) is 0.198. The van der Waals surface area contributed by atoms with E-state index in [0.717, 1.165) is 32.7 Å². The second-order valence-corrected chi connectivity index (χ2v) is 11.5. The molecule has 32 heavy (non-hydrogen) atoms. The molecule has 0 amide bonds. The largest absolute Gasteiger partial charge is 0.335 e. The number of benzene rings is 3. The van der Waals surface area contributed by atoms with Gasteiger partial charge in [-0.25, -0.2) is 0 Å². The van der Waals surface area contributed by atoms with E-state index < -0.39 is 15.2 Å². The third kappa shape index (κ3) is 6.29. The van der Waals surface area contributed by atoms with Gasteiger partial charge in [0.25, 0.3) is 0 Å². The van der Waals surface area contributed by atoms with Crippen molar-refractivity contribution in [3.8, 4) is 0 Å². The van der Waals surface area contributed by atoms with Crippen molar-refractivity contribution in [3.63, 3.8) is 0 Å². The molecule has 0 aromatic heterocycles. The molecule has 0 atom stereocenters. The summed E-state index contributed by atoms with van der Waals surface area (Å²) < 4.78 is 47.5. The molecule has 6 nitrogen and oxygen atoms in total. The predicted octanol–water partition coefficient (Wildman–Crippen LogP) is 7.53. The third-order valence-electron chi connectivity index (χ3n) is 4.98. The minimum absolute atomic E-state index is 0.242. The maximum Gasteiger partial charge on any atom is 0.335 e. The molecule has 0 unspecified atom stereocenters. The van der Waals surface area contributed by atoms with E-state index in [9.17, 15) is 9.13 Å². The van der Waals surface area contributed by atoms with E-state index in [-0.39, 0.29) is 12.3 Å². The van der Waals surface area contributed by atoms with Gasteiger partial charge in [0.1, 0.15) is 0 Å². The van der Waals surface area contributed by atoms with Gasteiger partial charge in [0, 0.05) is 0 Å². The van der Waals surface area contributed by atoms with Gasteiger partial charge >= 0.3 is 15.2 Å². The van der Waals surface area contributed by atoms with Crippen molar-refractivity contribution < 1.29 is 27.2 Å². The molecule has 8 heteroatoms. The Kier molecular flexibility index (Phi) is 8.68. The van der Waals surface area contributed by atoms with Gasteiger partial charge in [0.2, 0.25) is 0 Å². The van der Waals surface area contributed by atoms with Crippen molar-refractivity contribution in [1.29, 1.82) is 0 Å². The van der Waals surface area contributed by atoms with Gasteiger partial charge in [-0.1, -0.05) is 36.4 Å². The van der Waals surface area contributed by atoms with Gasteiger partial charge in [0.05, 0.1) is 38.8 Å². The van der Waals surface area contributed by atoms with Crippen LogP contribution in [0.25, 0.3) is 21.5 Å². The van der Waals surface area contributed by atoms with Crippen LogP contribution in [0.1, 0.15) is 38.8 Å². The third-order valence-corrected chi connectivity index (χ3v) is 9.09. The summed E-state index contributed by atoms with van der Waals surface area (Å²) in [5, 5.41) is 4.24. The first-order valence-electron chi connectivity index (χ1n) is 11.0. The fraction of sp³-hybridized carbons (Fsp3) is 0.417. The second kappa shape index (κ2) is 11.1. The molecule has 0 saturated heterocycles. The van der Waals surface area contributed by atoms with Crippen LogP contribution < -0.4 is 0 Å². The minimum Gasteiger partial charge on any atom is -0.309 e. The van der Waals surface area contributed by atoms with Crippen LogP contribution in [0.15, 0.2) is 48.5 Å². The molecule has 0 radical (unpaired) electrons. The summed E-state index contributed by atoms with van der Waals surface area (Å²) in [6.07, 6.45) is 0.484. The Bertz CT molecular complexity index is 1050. The van der Waals surface area contributed by atoms with Crippen molar-refractivity contribution in [2.24, 2.45) is 0 Å². The zero-order chi connectivity index (χ0) is 23.2. The smallest absolute Gasteiger partial charge is 0.309 e. The predicted molar refractivity (Wildman–Crippen MR) is 131 cm³/mol. The molecule has 0 aliphatic carbocycles. The van der Waals surface area contributed by atoms with Gasteiger partial charge in [-0.05, 0) is 72.5 Å². The lowest BCUT2D eigenvalue weighted by atomic mass is 10.0. The summed E-state index contributed by atoms with van der Waals surface area (Å²) in [4.78, 5) is 0. The molecule has 0 saturated carbocycles. The van der Waals surface area contributed by atoms with Crippen LogP contribution in [-0.2, 0) is 39.5 Å². The lowest BCUT2D eigenvalue weighted by Crippen LogP contribution is -1.99. The lowest BCUT2D eigenvalue weighted by Gasteiger charge is -2.18. The number of hydrogen-bond acceptors (Lipinski definition) is 6. The first-order valence-corrected chi connectivity index (χ1v) is 14.5. The maximum atomic E-state index is 12.9. The fourth-order valence-corrected chi connectivity index (χ4v) is 7.16. The van der Waals surface area contributed by atoms with Crippen molar-refractivity contribution in [3.05, 3.63) is 59.7 Å². The van der Waals surface area contributed by atoms with Gasteiger partial charge in [-0.2, -0.15) is 0 Å². The highest BCUT2D eigenvalue weighted by molar-refractivity contribution is 7.53. The Labute approximate surface area is 190 Å². The Hall–Kier alpha value is -1.52. The van der Waals surface area contributed by atoms with Crippen LogP contribution in [0.5, 0.6) is 0 Å². The summed E-state index contributed by atoms with van der Waals surface area (Å²) in [7, 11) is -6.31. The SMILES string of the molecule is CCOP(=O)(Cc1ccc2cc3cc(CP(=O)(OCC)OCC)ccc3cc2c1)OCC. The van der Waals surface area contributed by atoms with E-state index in [0.29, 0.717) is 26.4 Å². The molecule has 174 valence electrons. The highest BCUT2D eigenvalue weighted by atomic mass is 31.2. The lowest BCUT2D eigenvalue weighted by molar-refractivity contribution is 0.218. The van der Waals surface area contributed by atoms with Crippen molar-refractivity contribution in [2.75, 3.05) is 26.4 Å². The first-order chi connectivity index (χ1) is 15.3. The van der Waals surface area contributed by atoms with Gasteiger partial charge < -0.3 is 18.1 Å². The topological polar surface area (TPSA) is 71.1 Å². The zero-order valence-electron chi connectivity index (χ0n) is 19.2. The normalized spacial score (nSPS) is 12.6. The monoisotopic (exact) mass is 478 g/mol. The van der Waals surface area contributed by atoms with Crippen LogP contribution in [0.4, 0.5) is 0 Å². The van der Waals surface area contributed by atoms with Crippen LogP contribution in [0, 0.1) is 0 Å². The molecule has 0 N–H and O–H groups in total. The zero-order valence-corrected chi connectivity index (χ0v) is 21.0. The molecule has 3 aromatic rings. The summed E-state index contributed by atoms with van der Waals surface area (Å²) in [6, 6.07) is 16.2. The second-order valence-electron chi connectivity index (χ2n) is 7.42. The minimum atomic E-state index is -3.16. The van der Waals surface area contributed by atoms with Crippen LogP contribution >= 0.6 is 15.2 Å². The van der Waals surface area contributed by atoms with Crippen molar-refractivity contribution in [1.82, 2.24) is 0 Å². The number of rotatable bonds is 12. The highest BCUT2D eigenvalue weighted by Gasteiger charge is 2.25. The van der Waals surface area contributed by atoms with E-state index in [2.05, 4.69) is 12.1 Å². The molecule has 0 fully saturated rings. The van der Waals surface area contributed by atoms with Crippen LogP contribution in [0.3, 0.4) is 0 Å². The fourth-order valence-electron chi connectivity index (χ4n) is 3.78. The van der Waals surface area contributed by atoms with E-state index >= 15 is 0 Å². The molecule has 3 rings (SSSR count). The highest BCUT2D eigenvalue weighted by Crippen LogP contribution is 2.52. The van der Waals surface area contributed by atoms with E-state index in [1.54, 1.807) is 0 Å². The van der Waals surface area contributed by atoms with Gasteiger partial charge in [0.15, 0.2) is 0 Å². The molecular formula is C24H32O6P2. The maximum absolute atomic E-state index is 12.9. The van der Waals surface area contributed by atoms with Crippen molar-refractivity contribution in [2.45, 2.75) is 40.0 Å². The van der Waals surface area contributed by atoms with Crippen LogP contribution in [0.2, 0.25) is 0 Å². The Balaban J connectivity index is 1.91. The van der Waals surface area contributed by atoms with Crippen molar-refractivity contribution >= 4 is 36.7 Å². The molecule has 3 aromatic carbocycles. The number of fused-ring (bicyclic) bond motifs is 2. The molecule has 0 spiro atoms. The van der Waals surface area contributed by atoms with Gasteiger partial charge in [-0.3, -0.25) is 9.13 Å². The number of hydrogen-bond donors (Lipinski definition) is 0. The Morgan fingerprint density at radius 3 is 1.19 bits per heavy atom. The summed E-state index contributed by atoms with van der Waals surface area (Å²) in [5.41, 5.74) is 1.82. The summed E-state index contributed by atoms with van der Waals surface area (Å²) in [5.74, 6) is 0. The standard InChI is InChI=1S/C24H32O6P2/c1-5-27-31(25,28-6-2)17-19-9-11-21-16-24-14-20(10-12-22(24)15-23(21)13-19)18-32(26,29-7-3)30-8-4/h9-16H,5-8,17-18H2,1-4H3. The average Bonchev–Trinajstić information content (AvgIpc) is 2.72. The molecule has 0 bridgehead atoms. The van der Waals surface area contributed by atoms with Crippen LogP contribution in [-0.4, -0.2) is 26.4 Å².